The van der Waals surface area contributed by atoms with Gasteiger partial charge in [-0.05, 0) is 85.8 Å². The summed E-state index contributed by atoms with van der Waals surface area (Å²) >= 11 is 0. The maximum absolute atomic E-state index is 11.3. The number of phenols is 1. The third kappa shape index (κ3) is 3.55. The highest BCUT2D eigenvalue weighted by molar-refractivity contribution is 5.85. The van der Waals surface area contributed by atoms with Gasteiger partial charge in [-0.25, -0.2) is 0 Å². The average molecular weight is 369 g/mol. The van der Waals surface area contributed by atoms with Crippen LogP contribution in [0.5, 0.6) is 5.75 Å². The van der Waals surface area contributed by atoms with Crippen molar-refractivity contribution in [3.05, 3.63) is 28.8 Å². The standard InChI is InChI=1S/C24H36N2O/c1-23(2,3)20-10-19(15-26-6-5-25-4)22(27)21(11-20)24-12-16-7-17(13-24)9-18(8-16)14-24/h10-11,15-18,25,27H,5-9,12-14H2,1-4H3. The number of phenolic OH excluding ortho intramolecular Hbond substituents is 1. The molecule has 0 unspecified atom stereocenters. The summed E-state index contributed by atoms with van der Waals surface area (Å²) in [5.74, 6) is 3.13. The van der Waals surface area contributed by atoms with E-state index in [0.29, 0.717) is 5.75 Å². The molecule has 0 atom stereocenters. The molecule has 1 aromatic carbocycles. The predicted octanol–water partition coefficient (Wildman–Crippen LogP) is 4.80. The summed E-state index contributed by atoms with van der Waals surface area (Å²) in [4.78, 5) is 4.56. The minimum atomic E-state index is 0.0678. The lowest BCUT2D eigenvalue weighted by atomic mass is 9.47. The number of aliphatic imine (C=N–C) groups is 1. The summed E-state index contributed by atoms with van der Waals surface area (Å²) in [5.41, 5.74) is 3.72. The molecule has 4 fully saturated rings. The zero-order valence-electron chi connectivity index (χ0n) is 17.5. The Kier molecular flexibility index (Phi) is 4.86. The molecule has 1 aromatic rings. The summed E-state index contributed by atoms with van der Waals surface area (Å²) < 4.78 is 0. The molecule has 4 aliphatic carbocycles. The Morgan fingerprint density at radius 3 is 2.22 bits per heavy atom. The van der Waals surface area contributed by atoms with Crippen LogP contribution in [0, 0.1) is 17.8 Å². The van der Waals surface area contributed by atoms with Crippen molar-refractivity contribution in [2.45, 2.75) is 70.1 Å². The zero-order chi connectivity index (χ0) is 19.2. The number of hydrogen-bond acceptors (Lipinski definition) is 3. The first-order valence-electron chi connectivity index (χ1n) is 10.8. The summed E-state index contributed by atoms with van der Waals surface area (Å²) in [6.07, 6.45) is 10.0. The minimum absolute atomic E-state index is 0.0678. The molecule has 0 aromatic heterocycles. The lowest BCUT2D eigenvalue weighted by Crippen LogP contribution is -2.48. The number of nitrogens with one attached hydrogen (secondary N) is 1. The van der Waals surface area contributed by atoms with Crippen LogP contribution < -0.4 is 5.32 Å². The van der Waals surface area contributed by atoms with E-state index < -0.39 is 0 Å². The first-order valence-corrected chi connectivity index (χ1v) is 10.8. The van der Waals surface area contributed by atoms with Gasteiger partial charge in [0.1, 0.15) is 5.75 Å². The van der Waals surface area contributed by atoms with Gasteiger partial charge < -0.3 is 10.4 Å². The molecule has 0 radical (unpaired) electrons. The maximum Gasteiger partial charge on any atom is 0.128 e. The molecule has 4 saturated carbocycles. The molecular formula is C24H36N2O. The van der Waals surface area contributed by atoms with Crippen molar-refractivity contribution in [2.24, 2.45) is 22.7 Å². The number of rotatable bonds is 5. The molecule has 0 heterocycles. The van der Waals surface area contributed by atoms with E-state index >= 15 is 0 Å². The molecule has 2 N–H and O–H groups in total. The van der Waals surface area contributed by atoms with Gasteiger partial charge in [-0.1, -0.05) is 26.8 Å². The van der Waals surface area contributed by atoms with E-state index in [-0.39, 0.29) is 10.8 Å². The van der Waals surface area contributed by atoms with Gasteiger partial charge in [0.2, 0.25) is 0 Å². The van der Waals surface area contributed by atoms with Crippen LogP contribution in [0.4, 0.5) is 0 Å². The Morgan fingerprint density at radius 1 is 1.11 bits per heavy atom. The van der Waals surface area contributed by atoms with Crippen LogP contribution in [-0.2, 0) is 10.8 Å². The molecule has 0 spiro atoms. The van der Waals surface area contributed by atoms with Gasteiger partial charge in [0.25, 0.3) is 0 Å². The summed E-state index contributed by atoms with van der Waals surface area (Å²) in [6.45, 7) is 8.40. The summed E-state index contributed by atoms with van der Waals surface area (Å²) in [6, 6.07) is 4.50. The van der Waals surface area contributed by atoms with Crippen molar-refractivity contribution >= 4 is 6.21 Å². The molecule has 0 saturated heterocycles. The van der Waals surface area contributed by atoms with Crippen LogP contribution in [0.3, 0.4) is 0 Å². The van der Waals surface area contributed by atoms with Gasteiger partial charge in [0.15, 0.2) is 0 Å². The van der Waals surface area contributed by atoms with Gasteiger partial charge in [-0.3, -0.25) is 4.99 Å². The second kappa shape index (κ2) is 6.92. The van der Waals surface area contributed by atoms with Crippen molar-refractivity contribution in [3.63, 3.8) is 0 Å². The SMILES string of the molecule is CNCCN=Cc1cc(C(C)(C)C)cc(C23CC4CC(CC(C4)C2)C3)c1O. The van der Waals surface area contributed by atoms with Crippen molar-refractivity contribution < 1.29 is 5.11 Å². The molecule has 0 amide bonds. The largest absolute Gasteiger partial charge is 0.507 e. The van der Waals surface area contributed by atoms with Gasteiger partial charge in [0.05, 0.1) is 6.54 Å². The molecule has 3 nitrogen and oxygen atoms in total. The highest BCUT2D eigenvalue weighted by Crippen LogP contribution is 2.62. The lowest BCUT2D eigenvalue weighted by Gasteiger charge is -2.57. The van der Waals surface area contributed by atoms with Crippen molar-refractivity contribution in [2.75, 3.05) is 20.1 Å². The Morgan fingerprint density at radius 2 is 1.70 bits per heavy atom. The second-order valence-electron chi connectivity index (χ2n) is 10.5. The third-order valence-electron chi connectivity index (χ3n) is 7.34. The molecule has 4 bridgehead atoms. The van der Waals surface area contributed by atoms with Gasteiger partial charge in [-0.2, -0.15) is 0 Å². The lowest BCUT2D eigenvalue weighted by molar-refractivity contribution is -0.00619. The quantitative estimate of drug-likeness (QED) is 0.579. The molecule has 4 aliphatic rings. The smallest absolute Gasteiger partial charge is 0.128 e. The molecular weight excluding hydrogens is 332 g/mol. The van der Waals surface area contributed by atoms with E-state index in [4.69, 9.17) is 0 Å². The van der Waals surface area contributed by atoms with Crippen LogP contribution in [0.15, 0.2) is 17.1 Å². The highest BCUT2D eigenvalue weighted by Gasteiger charge is 2.52. The fourth-order valence-corrected chi connectivity index (χ4v) is 6.37. The van der Waals surface area contributed by atoms with Crippen molar-refractivity contribution in [1.29, 1.82) is 0 Å². The van der Waals surface area contributed by atoms with E-state index in [0.717, 1.165) is 36.4 Å². The Hall–Kier alpha value is -1.35. The van der Waals surface area contributed by atoms with Crippen LogP contribution in [-0.4, -0.2) is 31.5 Å². The van der Waals surface area contributed by atoms with E-state index in [1.807, 2.05) is 13.3 Å². The van der Waals surface area contributed by atoms with E-state index in [2.05, 4.69) is 43.2 Å². The number of benzene rings is 1. The van der Waals surface area contributed by atoms with E-state index in [1.165, 1.54) is 49.7 Å². The third-order valence-corrected chi connectivity index (χ3v) is 7.34. The minimum Gasteiger partial charge on any atom is -0.507 e. The monoisotopic (exact) mass is 368 g/mol. The highest BCUT2D eigenvalue weighted by atomic mass is 16.3. The predicted molar refractivity (Wildman–Crippen MR) is 113 cm³/mol. The number of hydrogen-bond donors (Lipinski definition) is 2. The first kappa shape index (κ1) is 19.0. The molecule has 3 heteroatoms. The van der Waals surface area contributed by atoms with Gasteiger partial charge >= 0.3 is 0 Å². The zero-order valence-corrected chi connectivity index (χ0v) is 17.5. The summed E-state index contributed by atoms with van der Waals surface area (Å²) in [7, 11) is 1.94. The summed E-state index contributed by atoms with van der Waals surface area (Å²) in [5, 5.41) is 14.4. The van der Waals surface area contributed by atoms with E-state index in [1.54, 1.807) is 0 Å². The molecule has 148 valence electrons. The maximum atomic E-state index is 11.3. The van der Waals surface area contributed by atoms with Crippen molar-refractivity contribution in [1.82, 2.24) is 5.32 Å². The fraction of sp³-hybridized carbons (Fsp3) is 0.708. The van der Waals surface area contributed by atoms with E-state index in [9.17, 15) is 5.11 Å². The Bertz CT molecular complexity index is 693. The van der Waals surface area contributed by atoms with Crippen molar-refractivity contribution in [3.8, 4) is 5.75 Å². The topological polar surface area (TPSA) is 44.6 Å². The van der Waals surface area contributed by atoms with Crippen LogP contribution in [0.25, 0.3) is 0 Å². The first-order chi connectivity index (χ1) is 12.8. The average Bonchev–Trinajstić information content (AvgIpc) is 2.57. The fourth-order valence-electron chi connectivity index (χ4n) is 6.37. The molecule has 27 heavy (non-hydrogen) atoms. The second-order valence-corrected chi connectivity index (χ2v) is 10.5. The Balaban J connectivity index is 1.76. The van der Waals surface area contributed by atoms with Crippen LogP contribution in [0.1, 0.15) is 76.0 Å². The number of likely N-dealkylation sites (N-methyl/N-ethyl adjacent to an activating group) is 1. The Labute approximate surface area is 164 Å². The van der Waals surface area contributed by atoms with Crippen LogP contribution in [0.2, 0.25) is 0 Å². The normalized spacial score (nSPS) is 32.5. The number of aromatic hydroxyl groups is 1. The van der Waals surface area contributed by atoms with Crippen LogP contribution >= 0.6 is 0 Å². The molecule has 5 rings (SSSR count). The molecule has 0 aliphatic heterocycles. The number of nitrogens with zero attached hydrogens (tertiary/aromatic N) is 1. The van der Waals surface area contributed by atoms with Gasteiger partial charge in [-0.15, -0.1) is 0 Å². The van der Waals surface area contributed by atoms with Gasteiger partial charge in [0, 0.05) is 23.9 Å².